The molecule has 0 saturated heterocycles. The third kappa shape index (κ3) is 3.82. The summed E-state index contributed by atoms with van der Waals surface area (Å²) in [6.07, 6.45) is 10.1. The van der Waals surface area contributed by atoms with Gasteiger partial charge in [0.1, 0.15) is 5.82 Å². The third-order valence-electron chi connectivity index (χ3n) is 14.4. The zero-order valence-corrected chi connectivity index (χ0v) is 28.0. The van der Waals surface area contributed by atoms with Crippen molar-refractivity contribution in [1.82, 2.24) is 15.2 Å². The number of carboxylic acid groups (broad SMARTS) is 1. The summed E-state index contributed by atoms with van der Waals surface area (Å²) in [5.41, 5.74) is 13.1. The lowest BCUT2D eigenvalue weighted by Gasteiger charge is -2.70. The number of hydrogen-bond acceptors (Lipinski definition) is 5. The fourth-order valence-electron chi connectivity index (χ4n) is 12.4. The molecule has 0 aromatic carbocycles. The van der Waals surface area contributed by atoms with Crippen LogP contribution >= 0.6 is 0 Å². The molecule has 2 heterocycles. The van der Waals surface area contributed by atoms with E-state index in [4.69, 9.17) is 15.5 Å². The first-order valence-electron chi connectivity index (χ1n) is 16.9. The van der Waals surface area contributed by atoms with Gasteiger partial charge in [0.25, 0.3) is 0 Å². The highest BCUT2D eigenvalue weighted by atomic mass is 16.5. The third-order valence-corrected chi connectivity index (χ3v) is 14.4. The molecular formula is C37H52N4O3. The van der Waals surface area contributed by atoms with Gasteiger partial charge in [-0.2, -0.15) is 5.10 Å². The van der Waals surface area contributed by atoms with Gasteiger partial charge in [-0.25, -0.2) is 4.98 Å². The molecule has 2 aromatic rings. The second kappa shape index (κ2) is 9.35. The molecule has 5 aliphatic carbocycles. The van der Waals surface area contributed by atoms with Gasteiger partial charge in [-0.1, -0.05) is 54.0 Å². The molecule has 4 N–H and O–H groups in total. The fourth-order valence-corrected chi connectivity index (χ4v) is 12.4. The van der Waals surface area contributed by atoms with Gasteiger partial charge in [0.05, 0.1) is 13.0 Å². The number of H-pyrrole nitrogens is 1. The van der Waals surface area contributed by atoms with Crippen molar-refractivity contribution < 1.29 is 14.6 Å². The zero-order chi connectivity index (χ0) is 31.6. The Morgan fingerprint density at radius 2 is 1.80 bits per heavy atom. The van der Waals surface area contributed by atoms with E-state index in [1.807, 2.05) is 12.3 Å². The number of nitrogens with zero attached hydrogens (tertiary/aromatic N) is 2. The number of aliphatic carboxylic acids is 1. The van der Waals surface area contributed by atoms with Crippen molar-refractivity contribution in [2.24, 2.45) is 51.2 Å². The highest BCUT2D eigenvalue weighted by Gasteiger charge is 2.68. The average Bonchev–Trinajstić information content (AvgIpc) is 3.32. The molecule has 0 aliphatic heterocycles. The molecule has 7 unspecified atom stereocenters. The molecule has 0 radical (unpaired) electrons. The highest BCUT2D eigenvalue weighted by Crippen LogP contribution is 2.76. The number of nitrogens with two attached hydrogens (primary N) is 1. The predicted molar refractivity (Wildman–Crippen MR) is 173 cm³/mol. The summed E-state index contributed by atoms with van der Waals surface area (Å²) in [6, 6.07) is 4.19. The Morgan fingerprint density at radius 1 is 1.05 bits per heavy atom. The lowest BCUT2D eigenvalue weighted by molar-refractivity contribution is -0.161. The molecule has 7 heteroatoms. The Hall–Kier alpha value is -2.83. The van der Waals surface area contributed by atoms with Crippen LogP contribution in [0.15, 0.2) is 23.9 Å². The average molecular weight is 601 g/mol. The number of methoxy groups -OCH3 is 1. The van der Waals surface area contributed by atoms with Crippen molar-refractivity contribution in [1.29, 1.82) is 0 Å². The summed E-state index contributed by atoms with van der Waals surface area (Å²) in [7, 11) is 1.67. The lowest BCUT2D eigenvalue weighted by Crippen LogP contribution is -2.64. The van der Waals surface area contributed by atoms with Crippen LogP contribution in [-0.4, -0.2) is 33.4 Å². The molecule has 0 spiro atoms. The first-order chi connectivity index (χ1) is 20.6. The van der Waals surface area contributed by atoms with Crippen LogP contribution in [-0.2, 0) is 16.6 Å². The lowest BCUT2D eigenvalue weighted by atomic mass is 9.33. The second-order valence-electron chi connectivity index (χ2n) is 17.3. The minimum absolute atomic E-state index is 0.0251. The molecule has 0 amide bonds. The van der Waals surface area contributed by atoms with E-state index >= 15 is 0 Å². The van der Waals surface area contributed by atoms with Gasteiger partial charge in [-0.15, -0.1) is 0 Å². The summed E-state index contributed by atoms with van der Waals surface area (Å²) < 4.78 is 5.47. The van der Waals surface area contributed by atoms with Crippen LogP contribution in [0.2, 0.25) is 0 Å². The van der Waals surface area contributed by atoms with Crippen LogP contribution in [0, 0.1) is 51.2 Å². The topological polar surface area (TPSA) is 114 Å². The first-order valence-corrected chi connectivity index (χ1v) is 16.9. The quantitative estimate of drug-likeness (QED) is 0.333. The van der Waals surface area contributed by atoms with Gasteiger partial charge in [0, 0.05) is 28.9 Å². The number of rotatable bonds is 3. The van der Waals surface area contributed by atoms with E-state index in [2.05, 4.69) is 64.7 Å². The Bertz CT molecular complexity index is 1540. The Morgan fingerprint density at radius 3 is 2.45 bits per heavy atom. The summed E-state index contributed by atoms with van der Waals surface area (Å²) in [6.45, 7) is 17.1. The molecule has 0 bridgehead atoms. The van der Waals surface area contributed by atoms with Gasteiger partial charge in [0.15, 0.2) is 0 Å². The number of aromatic amines is 1. The number of allylic oxidation sites excluding steroid dienone is 2. The van der Waals surface area contributed by atoms with Crippen molar-refractivity contribution in [3.63, 3.8) is 0 Å². The number of ether oxygens (including phenoxy) is 1. The van der Waals surface area contributed by atoms with E-state index in [0.717, 1.165) is 38.5 Å². The number of hydrogen-bond donors (Lipinski definition) is 3. The van der Waals surface area contributed by atoms with Crippen LogP contribution < -0.4 is 10.5 Å². The smallest absolute Gasteiger partial charge is 0.306 e. The van der Waals surface area contributed by atoms with Gasteiger partial charge >= 0.3 is 5.97 Å². The monoisotopic (exact) mass is 600 g/mol. The predicted octanol–water partition coefficient (Wildman–Crippen LogP) is 7.68. The van der Waals surface area contributed by atoms with Gasteiger partial charge in [-0.05, 0) is 114 Å². The van der Waals surface area contributed by atoms with Crippen LogP contribution in [0.25, 0.3) is 5.57 Å². The Balaban J connectivity index is 1.45. The van der Waals surface area contributed by atoms with E-state index < -0.39 is 5.97 Å². The van der Waals surface area contributed by atoms with E-state index in [9.17, 15) is 9.90 Å². The molecule has 3 fully saturated rings. The maximum atomic E-state index is 12.8. The SMILES string of the molecule is COc1ccc(C2=C3C4CC(C)(C)C[C@@H](C(=O)O)C4CCC3(C)C3(C)CCC4C(C)(C)c5[nH]nc(N)c5CC4(C)C3C2)cn1. The molecule has 3 saturated carbocycles. The molecule has 238 valence electrons. The molecule has 5 aliphatic rings. The zero-order valence-electron chi connectivity index (χ0n) is 28.0. The number of aromatic nitrogens is 3. The van der Waals surface area contributed by atoms with Gasteiger partial charge < -0.3 is 15.6 Å². The van der Waals surface area contributed by atoms with Crippen LogP contribution in [0.5, 0.6) is 5.88 Å². The fraction of sp³-hybridized carbons (Fsp3) is 0.703. The van der Waals surface area contributed by atoms with Crippen LogP contribution in [0.3, 0.4) is 0 Å². The van der Waals surface area contributed by atoms with E-state index in [0.29, 0.717) is 23.5 Å². The Labute approximate surface area is 262 Å². The van der Waals surface area contributed by atoms with Gasteiger partial charge in [0.2, 0.25) is 5.88 Å². The standard InChI is InChI=1S/C37H52N4O3/c1-33(2)16-23-21(24(17-33)32(42)43)11-13-37(7)29(23)22(20-9-10-28(44-8)39-19-20)15-27-35(5)18-25-30(40-41-31(25)38)34(3,4)26(35)12-14-36(27,37)6/h9-10,19,21,23-24,26-27H,11-18H2,1-8H3,(H,42,43)(H3,38,40,41)/t21?,23?,24-,26?,27?,35?,36?,37?/m1/s1. The number of nitrogen functional groups attached to an aromatic ring is 1. The van der Waals surface area contributed by atoms with E-state index in [1.165, 1.54) is 35.2 Å². The number of pyridine rings is 1. The molecule has 8 atom stereocenters. The Kier molecular flexibility index (Phi) is 6.35. The summed E-state index contributed by atoms with van der Waals surface area (Å²) >= 11 is 0. The largest absolute Gasteiger partial charge is 0.481 e. The minimum atomic E-state index is -0.615. The van der Waals surface area contributed by atoms with Gasteiger partial charge in [-0.3, -0.25) is 9.89 Å². The maximum absolute atomic E-state index is 12.8. The summed E-state index contributed by atoms with van der Waals surface area (Å²) in [5.74, 6) is 1.74. The van der Waals surface area contributed by atoms with E-state index in [1.54, 1.807) is 12.7 Å². The number of nitrogens with one attached hydrogen (secondary N) is 1. The number of carbonyl (C=O) groups is 1. The van der Waals surface area contributed by atoms with Crippen molar-refractivity contribution in [2.45, 2.75) is 105 Å². The van der Waals surface area contributed by atoms with Crippen LogP contribution in [0.1, 0.15) is 110 Å². The summed E-state index contributed by atoms with van der Waals surface area (Å²) in [4.78, 5) is 17.5. The molecular weight excluding hydrogens is 548 g/mol. The normalized spacial score (nSPS) is 40.1. The van der Waals surface area contributed by atoms with Crippen molar-refractivity contribution in [2.75, 3.05) is 12.8 Å². The van der Waals surface area contributed by atoms with Crippen molar-refractivity contribution in [3.8, 4) is 5.88 Å². The molecule has 7 rings (SSSR count). The van der Waals surface area contributed by atoms with E-state index in [-0.39, 0.29) is 44.8 Å². The minimum Gasteiger partial charge on any atom is -0.481 e. The molecule has 7 nitrogen and oxygen atoms in total. The number of fused-ring (bicyclic) bond motifs is 8. The van der Waals surface area contributed by atoms with Crippen molar-refractivity contribution >= 4 is 17.4 Å². The first kappa shape index (κ1) is 29.9. The van der Waals surface area contributed by atoms with Crippen LogP contribution in [0.4, 0.5) is 5.82 Å². The maximum Gasteiger partial charge on any atom is 0.306 e. The highest BCUT2D eigenvalue weighted by molar-refractivity contribution is 5.75. The summed E-state index contributed by atoms with van der Waals surface area (Å²) in [5, 5.41) is 18.4. The number of anilines is 1. The molecule has 2 aromatic heterocycles. The van der Waals surface area contributed by atoms with Crippen molar-refractivity contribution in [3.05, 3.63) is 40.7 Å². The second-order valence-corrected chi connectivity index (χ2v) is 17.3. The number of carboxylic acids is 1. The molecule has 44 heavy (non-hydrogen) atoms.